The van der Waals surface area contributed by atoms with Crippen molar-refractivity contribution < 1.29 is 18.8 Å². The first-order valence-corrected chi connectivity index (χ1v) is 11.8. The summed E-state index contributed by atoms with van der Waals surface area (Å²) in [5.74, 6) is 1.32. The minimum atomic E-state index is -0.0891. The quantitative estimate of drug-likeness (QED) is 0.444. The van der Waals surface area contributed by atoms with E-state index in [1.165, 1.54) is 6.42 Å². The van der Waals surface area contributed by atoms with E-state index in [1.54, 1.807) is 25.2 Å². The van der Waals surface area contributed by atoms with Crippen molar-refractivity contribution in [3.63, 3.8) is 0 Å². The van der Waals surface area contributed by atoms with Crippen LogP contribution in [-0.2, 0) is 11.3 Å². The van der Waals surface area contributed by atoms with Gasteiger partial charge >= 0.3 is 0 Å². The van der Waals surface area contributed by atoms with Crippen molar-refractivity contribution in [3.8, 4) is 17.0 Å². The van der Waals surface area contributed by atoms with E-state index in [2.05, 4.69) is 17.0 Å². The Balaban J connectivity index is 1.73. The van der Waals surface area contributed by atoms with Crippen LogP contribution >= 0.6 is 0 Å². The zero-order valence-electron chi connectivity index (χ0n) is 20.2. The van der Waals surface area contributed by atoms with Gasteiger partial charge in [-0.05, 0) is 44.4 Å². The minimum Gasteiger partial charge on any atom is -0.497 e. The molecule has 1 aliphatic rings. The summed E-state index contributed by atoms with van der Waals surface area (Å²) in [5, 5.41) is 4.48. The second-order valence-electron chi connectivity index (χ2n) is 8.67. The van der Waals surface area contributed by atoms with E-state index in [9.17, 15) is 4.79 Å². The molecule has 0 radical (unpaired) electrons. The molecule has 1 amide bonds. The molecule has 1 fully saturated rings. The smallest absolute Gasteiger partial charge is 0.254 e. The Labute approximate surface area is 201 Å². The number of carbonyl (C=O) groups is 1. The van der Waals surface area contributed by atoms with Gasteiger partial charge in [0.1, 0.15) is 11.4 Å². The fraction of sp³-hybridized carbons (Fsp3) is 0.407. The third kappa shape index (κ3) is 5.25. The highest BCUT2D eigenvalue weighted by Crippen LogP contribution is 2.35. The van der Waals surface area contributed by atoms with Gasteiger partial charge in [0.2, 0.25) is 5.88 Å². The topological polar surface area (TPSA) is 68.0 Å². The first-order chi connectivity index (χ1) is 16.6. The molecule has 3 aromatic rings. The SMILES string of the molecule is COCCN(Cc1c(-c2ccccc2)noc1N1CCCCC1C)C(=O)c1cccc(OC)c1. The lowest BCUT2D eigenvalue weighted by Gasteiger charge is -2.34. The average Bonchev–Trinajstić information content (AvgIpc) is 3.30. The summed E-state index contributed by atoms with van der Waals surface area (Å²) in [6.07, 6.45) is 3.43. The van der Waals surface area contributed by atoms with Crippen molar-refractivity contribution in [2.45, 2.75) is 38.8 Å². The molecule has 1 aromatic heterocycles. The van der Waals surface area contributed by atoms with Crippen molar-refractivity contribution in [3.05, 3.63) is 65.7 Å². The lowest BCUT2D eigenvalue weighted by atomic mass is 10.0. The van der Waals surface area contributed by atoms with Crippen LogP contribution < -0.4 is 9.64 Å². The predicted octanol–water partition coefficient (Wildman–Crippen LogP) is 5.02. The molecule has 0 bridgehead atoms. The number of benzene rings is 2. The van der Waals surface area contributed by atoms with Crippen LogP contribution in [0.5, 0.6) is 5.75 Å². The van der Waals surface area contributed by atoms with Gasteiger partial charge in [0, 0.05) is 37.4 Å². The van der Waals surface area contributed by atoms with Crippen molar-refractivity contribution in [2.24, 2.45) is 0 Å². The Morgan fingerprint density at radius 1 is 1.15 bits per heavy atom. The van der Waals surface area contributed by atoms with Gasteiger partial charge in [-0.2, -0.15) is 0 Å². The fourth-order valence-electron chi connectivity index (χ4n) is 4.47. The highest BCUT2D eigenvalue weighted by Gasteiger charge is 2.30. The van der Waals surface area contributed by atoms with Gasteiger partial charge in [-0.1, -0.05) is 41.6 Å². The average molecular weight is 464 g/mol. The van der Waals surface area contributed by atoms with E-state index >= 15 is 0 Å². The van der Waals surface area contributed by atoms with Gasteiger partial charge in [0.15, 0.2) is 0 Å². The molecule has 2 heterocycles. The molecule has 180 valence electrons. The maximum Gasteiger partial charge on any atom is 0.254 e. The van der Waals surface area contributed by atoms with Crippen LogP contribution in [0.1, 0.15) is 42.1 Å². The summed E-state index contributed by atoms with van der Waals surface area (Å²) in [6, 6.07) is 17.6. The van der Waals surface area contributed by atoms with Crippen LogP contribution in [0, 0.1) is 0 Å². The number of aromatic nitrogens is 1. The van der Waals surface area contributed by atoms with Crippen molar-refractivity contribution >= 4 is 11.8 Å². The largest absolute Gasteiger partial charge is 0.497 e. The maximum atomic E-state index is 13.6. The number of ether oxygens (including phenoxy) is 2. The molecule has 0 aliphatic carbocycles. The molecular formula is C27H33N3O4. The van der Waals surface area contributed by atoms with E-state index < -0.39 is 0 Å². The van der Waals surface area contributed by atoms with Crippen molar-refractivity contribution in [1.29, 1.82) is 0 Å². The zero-order valence-corrected chi connectivity index (χ0v) is 20.2. The van der Waals surface area contributed by atoms with E-state index in [0.717, 1.165) is 42.1 Å². The number of anilines is 1. The number of nitrogens with zero attached hydrogens (tertiary/aromatic N) is 3. The fourth-order valence-corrected chi connectivity index (χ4v) is 4.47. The van der Waals surface area contributed by atoms with Crippen molar-refractivity contribution in [1.82, 2.24) is 10.1 Å². The summed E-state index contributed by atoms with van der Waals surface area (Å²) in [4.78, 5) is 17.7. The van der Waals surface area contributed by atoms with Crippen molar-refractivity contribution in [2.75, 3.05) is 38.8 Å². The first kappa shape index (κ1) is 23.8. The molecule has 2 aromatic carbocycles. The highest BCUT2D eigenvalue weighted by atomic mass is 16.5. The molecule has 7 heteroatoms. The summed E-state index contributed by atoms with van der Waals surface area (Å²) < 4.78 is 16.6. The normalized spacial score (nSPS) is 15.9. The molecule has 7 nitrogen and oxygen atoms in total. The second-order valence-corrected chi connectivity index (χ2v) is 8.67. The van der Waals surface area contributed by atoms with Crippen LogP contribution in [0.15, 0.2) is 59.1 Å². The van der Waals surface area contributed by atoms with E-state index in [1.807, 2.05) is 48.5 Å². The Hall–Kier alpha value is -3.32. The maximum absolute atomic E-state index is 13.6. The monoisotopic (exact) mass is 463 g/mol. The number of hydrogen-bond acceptors (Lipinski definition) is 6. The van der Waals surface area contributed by atoms with Gasteiger partial charge in [-0.15, -0.1) is 0 Å². The lowest BCUT2D eigenvalue weighted by molar-refractivity contribution is 0.0680. The summed E-state index contributed by atoms with van der Waals surface area (Å²) in [6.45, 7) is 4.38. The summed E-state index contributed by atoms with van der Waals surface area (Å²) in [5.41, 5.74) is 3.24. The summed E-state index contributed by atoms with van der Waals surface area (Å²) >= 11 is 0. The predicted molar refractivity (Wildman–Crippen MR) is 132 cm³/mol. The third-order valence-corrected chi connectivity index (χ3v) is 6.40. The molecule has 1 unspecified atom stereocenters. The van der Waals surface area contributed by atoms with Crippen LogP contribution in [0.3, 0.4) is 0 Å². The molecule has 1 aliphatic heterocycles. The standard InChI is InChI=1S/C27H33N3O4/c1-20-10-7-8-15-30(20)27-24(25(28-34-27)21-11-5-4-6-12-21)19-29(16-17-32-2)26(31)22-13-9-14-23(18-22)33-3/h4-6,9,11-14,18,20H,7-8,10,15-17,19H2,1-3H3. The molecule has 1 saturated heterocycles. The second kappa shape index (κ2) is 11.2. The Kier molecular flexibility index (Phi) is 7.85. The Morgan fingerprint density at radius 2 is 1.97 bits per heavy atom. The van der Waals surface area contributed by atoms with E-state index in [-0.39, 0.29) is 5.91 Å². The van der Waals surface area contributed by atoms with Gasteiger partial charge < -0.3 is 23.8 Å². The Morgan fingerprint density at radius 3 is 2.71 bits per heavy atom. The summed E-state index contributed by atoms with van der Waals surface area (Å²) in [7, 11) is 3.24. The van der Waals surface area contributed by atoms with Gasteiger partial charge in [-0.3, -0.25) is 4.79 Å². The van der Waals surface area contributed by atoms with Gasteiger partial charge in [0.05, 0.1) is 25.8 Å². The molecule has 0 saturated carbocycles. The number of carbonyl (C=O) groups excluding carboxylic acids is 1. The first-order valence-electron chi connectivity index (χ1n) is 11.8. The molecule has 4 rings (SSSR count). The highest BCUT2D eigenvalue weighted by molar-refractivity contribution is 5.94. The van der Waals surface area contributed by atoms with Gasteiger partial charge in [0.25, 0.3) is 5.91 Å². The minimum absolute atomic E-state index is 0.0891. The zero-order chi connectivity index (χ0) is 23.9. The number of methoxy groups -OCH3 is 2. The van der Waals surface area contributed by atoms with Crippen LogP contribution in [0.25, 0.3) is 11.3 Å². The number of piperidine rings is 1. The van der Waals surface area contributed by atoms with Crippen LogP contribution in [-0.4, -0.2) is 55.9 Å². The molecule has 0 N–H and O–H groups in total. The van der Waals surface area contributed by atoms with Crippen LogP contribution in [0.4, 0.5) is 5.88 Å². The molecule has 34 heavy (non-hydrogen) atoms. The number of amides is 1. The number of hydrogen-bond donors (Lipinski definition) is 0. The molecule has 1 atom stereocenters. The van der Waals surface area contributed by atoms with Crippen LogP contribution in [0.2, 0.25) is 0 Å². The third-order valence-electron chi connectivity index (χ3n) is 6.40. The number of rotatable bonds is 9. The van der Waals surface area contributed by atoms with Gasteiger partial charge in [-0.25, -0.2) is 0 Å². The molecular weight excluding hydrogens is 430 g/mol. The lowest BCUT2D eigenvalue weighted by Crippen LogP contribution is -2.39. The van der Waals surface area contributed by atoms with E-state index in [4.69, 9.17) is 14.0 Å². The molecule has 0 spiro atoms. The Bertz CT molecular complexity index is 1080. The van der Waals surface area contributed by atoms with E-state index in [0.29, 0.717) is 37.1 Å².